The Hall–Kier alpha value is -0.250. The lowest BCUT2D eigenvalue weighted by Crippen LogP contribution is -2.57. The quantitative estimate of drug-likeness (QED) is 0.680. The number of aliphatic imine (C=N–C) groups is 1. The Bertz CT molecular complexity index is 401. The van der Waals surface area contributed by atoms with Crippen LogP contribution in [0.5, 0.6) is 0 Å². The van der Waals surface area contributed by atoms with E-state index in [1.807, 2.05) is 7.05 Å². The van der Waals surface area contributed by atoms with Crippen molar-refractivity contribution in [3.63, 3.8) is 0 Å². The standard InChI is InChI=1S/C14H23F3N4.HI/c1-20-7-4-18-13(20)19-11-8-12(9-11)21-5-2-10(3-6-21)14(15,16)17;/h10-12H,2-9H2,1H3,(H,18,19);1H. The van der Waals surface area contributed by atoms with Crippen molar-refractivity contribution in [2.75, 3.05) is 33.2 Å². The van der Waals surface area contributed by atoms with Crippen LogP contribution in [-0.2, 0) is 0 Å². The molecule has 3 rings (SSSR count). The molecule has 0 radical (unpaired) electrons. The number of piperidine rings is 1. The molecule has 1 aliphatic carbocycles. The van der Waals surface area contributed by atoms with Crippen LogP contribution in [-0.4, -0.2) is 67.2 Å². The van der Waals surface area contributed by atoms with Crippen LogP contribution in [0.3, 0.4) is 0 Å². The molecule has 1 saturated heterocycles. The third-order valence-electron chi connectivity index (χ3n) is 5.01. The molecular weight excluding hydrogens is 408 g/mol. The molecule has 0 aromatic carbocycles. The van der Waals surface area contributed by atoms with Gasteiger partial charge in [0.25, 0.3) is 0 Å². The molecule has 0 amide bonds. The molecule has 0 aromatic rings. The maximum atomic E-state index is 12.6. The first-order valence-corrected chi connectivity index (χ1v) is 7.76. The minimum absolute atomic E-state index is 0. The molecule has 2 heterocycles. The molecular formula is C14H24F3IN4. The molecule has 1 N–H and O–H groups in total. The fourth-order valence-electron chi connectivity index (χ4n) is 3.47. The van der Waals surface area contributed by atoms with Gasteiger partial charge in [0.15, 0.2) is 5.96 Å². The van der Waals surface area contributed by atoms with Crippen LogP contribution in [0, 0.1) is 5.92 Å². The Labute approximate surface area is 146 Å². The highest BCUT2D eigenvalue weighted by Crippen LogP contribution is 2.36. The summed E-state index contributed by atoms with van der Waals surface area (Å²) in [5.74, 6) is -0.126. The van der Waals surface area contributed by atoms with Crippen LogP contribution >= 0.6 is 24.0 Å². The number of hydrogen-bond donors (Lipinski definition) is 1. The molecule has 2 aliphatic heterocycles. The largest absolute Gasteiger partial charge is 0.391 e. The number of likely N-dealkylation sites (tertiary alicyclic amines) is 1. The van der Waals surface area contributed by atoms with Crippen molar-refractivity contribution in [2.24, 2.45) is 10.9 Å². The van der Waals surface area contributed by atoms with Crippen molar-refractivity contribution < 1.29 is 13.2 Å². The highest BCUT2D eigenvalue weighted by molar-refractivity contribution is 14.0. The molecule has 3 aliphatic rings. The van der Waals surface area contributed by atoms with Crippen LogP contribution in [0.2, 0.25) is 0 Å². The minimum Gasteiger partial charge on any atom is -0.353 e. The zero-order chi connectivity index (χ0) is 15.0. The van der Waals surface area contributed by atoms with Crippen LogP contribution in [0.25, 0.3) is 0 Å². The Morgan fingerprint density at radius 2 is 1.77 bits per heavy atom. The molecule has 0 bridgehead atoms. The second-order valence-electron chi connectivity index (χ2n) is 6.45. The van der Waals surface area contributed by atoms with E-state index >= 15 is 0 Å². The van der Waals surface area contributed by atoms with E-state index < -0.39 is 12.1 Å². The van der Waals surface area contributed by atoms with Gasteiger partial charge in [0.1, 0.15) is 0 Å². The molecule has 0 atom stereocenters. The van der Waals surface area contributed by atoms with Gasteiger partial charge in [0, 0.05) is 25.7 Å². The molecule has 1 saturated carbocycles. The minimum atomic E-state index is -4.01. The predicted octanol–water partition coefficient (Wildman–Crippen LogP) is 2.30. The molecule has 0 spiro atoms. The highest BCUT2D eigenvalue weighted by Gasteiger charge is 2.43. The van der Waals surface area contributed by atoms with Gasteiger partial charge in [-0.15, -0.1) is 24.0 Å². The molecule has 0 aromatic heterocycles. The van der Waals surface area contributed by atoms with Gasteiger partial charge in [0.2, 0.25) is 0 Å². The summed E-state index contributed by atoms with van der Waals surface area (Å²) >= 11 is 0. The first-order chi connectivity index (χ1) is 9.93. The van der Waals surface area contributed by atoms with Crippen LogP contribution in [0.4, 0.5) is 13.2 Å². The summed E-state index contributed by atoms with van der Waals surface area (Å²) in [5, 5.41) is 3.44. The summed E-state index contributed by atoms with van der Waals surface area (Å²) in [6.45, 7) is 2.98. The number of rotatable bonds is 2. The van der Waals surface area contributed by atoms with E-state index in [2.05, 4.69) is 20.1 Å². The van der Waals surface area contributed by atoms with Gasteiger partial charge in [-0.25, -0.2) is 0 Å². The van der Waals surface area contributed by atoms with Crippen molar-refractivity contribution in [1.29, 1.82) is 0 Å². The summed E-state index contributed by atoms with van der Waals surface area (Å²) in [5.41, 5.74) is 0. The van der Waals surface area contributed by atoms with Crippen molar-refractivity contribution in [2.45, 2.75) is 43.9 Å². The van der Waals surface area contributed by atoms with E-state index in [0.29, 0.717) is 25.2 Å². The number of alkyl halides is 3. The zero-order valence-electron chi connectivity index (χ0n) is 12.8. The fourth-order valence-corrected chi connectivity index (χ4v) is 3.47. The Kier molecular flexibility index (Phi) is 5.84. The highest BCUT2D eigenvalue weighted by atomic mass is 127. The number of nitrogens with one attached hydrogen (secondary N) is 1. The molecule has 22 heavy (non-hydrogen) atoms. The fraction of sp³-hybridized carbons (Fsp3) is 0.929. The van der Waals surface area contributed by atoms with E-state index in [1.54, 1.807) is 0 Å². The lowest BCUT2D eigenvalue weighted by atomic mass is 9.83. The smallest absolute Gasteiger partial charge is 0.353 e. The van der Waals surface area contributed by atoms with Gasteiger partial charge in [-0.05, 0) is 38.8 Å². The van der Waals surface area contributed by atoms with E-state index in [4.69, 9.17) is 0 Å². The first-order valence-electron chi connectivity index (χ1n) is 7.76. The second-order valence-corrected chi connectivity index (χ2v) is 6.45. The SMILES string of the molecule is CN1CCN=C1NC1CC(N2CCC(C(F)(F)F)CC2)C1.I. The van der Waals surface area contributed by atoms with Gasteiger partial charge in [-0.3, -0.25) is 4.99 Å². The maximum Gasteiger partial charge on any atom is 0.391 e. The number of guanidine groups is 1. The van der Waals surface area contributed by atoms with Crippen LogP contribution in [0.1, 0.15) is 25.7 Å². The molecule has 2 fully saturated rings. The van der Waals surface area contributed by atoms with Gasteiger partial charge in [0.05, 0.1) is 12.5 Å². The summed E-state index contributed by atoms with van der Waals surface area (Å²) in [6.07, 6.45) is -1.46. The topological polar surface area (TPSA) is 30.9 Å². The van der Waals surface area contributed by atoms with Gasteiger partial charge in [-0.2, -0.15) is 13.2 Å². The monoisotopic (exact) mass is 432 g/mol. The third kappa shape index (κ3) is 3.98. The van der Waals surface area contributed by atoms with Gasteiger partial charge < -0.3 is 15.1 Å². The molecule has 128 valence electrons. The van der Waals surface area contributed by atoms with Crippen molar-refractivity contribution in [3.05, 3.63) is 0 Å². The Morgan fingerprint density at radius 3 is 2.27 bits per heavy atom. The van der Waals surface area contributed by atoms with Crippen molar-refractivity contribution in [3.8, 4) is 0 Å². The summed E-state index contributed by atoms with van der Waals surface area (Å²) in [4.78, 5) is 8.76. The number of likely N-dealkylation sites (N-methyl/N-ethyl adjacent to an activating group) is 1. The lowest BCUT2D eigenvalue weighted by Gasteiger charge is -2.46. The van der Waals surface area contributed by atoms with E-state index in [-0.39, 0.29) is 36.8 Å². The van der Waals surface area contributed by atoms with Crippen molar-refractivity contribution >= 4 is 29.9 Å². The zero-order valence-corrected chi connectivity index (χ0v) is 15.1. The maximum absolute atomic E-state index is 12.6. The van der Waals surface area contributed by atoms with E-state index in [1.165, 1.54) is 0 Å². The number of hydrogen-bond acceptors (Lipinski definition) is 4. The normalized spacial score (nSPS) is 30.5. The summed E-state index contributed by atoms with van der Waals surface area (Å²) < 4.78 is 37.9. The third-order valence-corrected chi connectivity index (χ3v) is 5.01. The average Bonchev–Trinajstić information content (AvgIpc) is 2.78. The molecule has 8 heteroatoms. The average molecular weight is 432 g/mol. The van der Waals surface area contributed by atoms with Crippen LogP contribution < -0.4 is 5.32 Å². The number of nitrogens with zero attached hydrogens (tertiary/aromatic N) is 3. The Morgan fingerprint density at radius 1 is 1.14 bits per heavy atom. The van der Waals surface area contributed by atoms with Gasteiger partial charge >= 0.3 is 6.18 Å². The summed E-state index contributed by atoms with van der Waals surface area (Å²) in [7, 11) is 2.02. The lowest BCUT2D eigenvalue weighted by molar-refractivity contribution is -0.187. The van der Waals surface area contributed by atoms with E-state index in [9.17, 15) is 13.2 Å². The second kappa shape index (κ2) is 7.11. The predicted molar refractivity (Wildman–Crippen MR) is 90.6 cm³/mol. The Balaban J connectivity index is 0.00000176. The van der Waals surface area contributed by atoms with Crippen molar-refractivity contribution in [1.82, 2.24) is 15.1 Å². The summed E-state index contributed by atoms with van der Waals surface area (Å²) in [6, 6.07) is 0.874. The number of halogens is 4. The molecule has 0 unspecified atom stereocenters. The van der Waals surface area contributed by atoms with E-state index in [0.717, 1.165) is 31.9 Å². The van der Waals surface area contributed by atoms with Crippen LogP contribution in [0.15, 0.2) is 4.99 Å². The first kappa shape index (κ1) is 18.1. The van der Waals surface area contributed by atoms with Gasteiger partial charge in [-0.1, -0.05) is 0 Å². The molecule has 4 nitrogen and oxygen atoms in total.